The molecule has 1 aromatic carbocycles. The van der Waals surface area contributed by atoms with E-state index in [1.54, 1.807) is 36.7 Å². The molecular formula is C15H14N2O3. The predicted molar refractivity (Wildman–Crippen MR) is 75.0 cm³/mol. The first-order valence-electron chi connectivity index (χ1n) is 6.19. The summed E-state index contributed by atoms with van der Waals surface area (Å²) in [6, 6.07) is 8.00. The van der Waals surface area contributed by atoms with Crippen molar-refractivity contribution in [1.29, 1.82) is 0 Å². The van der Waals surface area contributed by atoms with Gasteiger partial charge in [-0.15, -0.1) is 0 Å². The molecule has 0 saturated heterocycles. The van der Waals surface area contributed by atoms with Gasteiger partial charge in [-0.3, -0.25) is 9.78 Å². The molecule has 0 bridgehead atoms. The van der Waals surface area contributed by atoms with Crippen LogP contribution in [0.5, 0.6) is 0 Å². The fourth-order valence-electron chi connectivity index (χ4n) is 1.88. The SMILES string of the molecule is CCc1cc(NC(=O)c2ccncc2)ccc1C(=O)O. The van der Waals surface area contributed by atoms with Crippen LogP contribution in [0, 0.1) is 0 Å². The quantitative estimate of drug-likeness (QED) is 0.895. The maximum absolute atomic E-state index is 12.0. The van der Waals surface area contributed by atoms with Crippen molar-refractivity contribution in [1.82, 2.24) is 4.98 Å². The number of carbonyl (C=O) groups is 2. The highest BCUT2D eigenvalue weighted by Gasteiger charge is 2.11. The highest BCUT2D eigenvalue weighted by atomic mass is 16.4. The Kier molecular flexibility index (Phi) is 4.10. The van der Waals surface area contributed by atoms with Crippen LogP contribution in [-0.2, 0) is 6.42 Å². The monoisotopic (exact) mass is 270 g/mol. The van der Waals surface area contributed by atoms with Gasteiger partial charge in [0.2, 0.25) is 0 Å². The number of rotatable bonds is 4. The lowest BCUT2D eigenvalue weighted by Crippen LogP contribution is -2.12. The standard InChI is InChI=1S/C15H14N2O3/c1-2-10-9-12(3-4-13(10)15(19)20)17-14(18)11-5-7-16-8-6-11/h3-9H,2H2,1H3,(H,17,18)(H,19,20). The molecule has 0 aliphatic rings. The molecule has 0 fully saturated rings. The van der Waals surface area contributed by atoms with Crippen LogP contribution >= 0.6 is 0 Å². The van der Waals surface area contributed by atoms with Gasteiger partial charge >= 0.3 is 5.97 Å². The third-order valence-electron chi connectivity index (χ3n) is 2.92. The molecule has 0 saturated carbocycles. The summed E-state index contributed by atoms with van der Waals surface area (Å²) in [5.74, 6) is -1.22. The van der Waals surface area contributed by atoms with Gasteiger partial charge in [0.05, 0.1) is 5.56 Å². The molecule has 1 aromatic heterocycles. The fourth-order valence-corrected chi connectivity index (χ4v) is 1.88. The zero-order chi connectivity index (χ0) is 14.5. The molecule has 5 heteroatoms. The lowest BCUT2D eigenvalue weighted by atomic mass is 10.0. The Morgan fingerprint density at radius 2 is 1.90 bits per heavy atom. The predicted octanol–water partition coefficient (Wildman–Crippen LogP) is 2.59. The summed E-state index contributed by atoms with van der Waals surface area (Å²) < 4.78 is 0. The summed E-state index contributed by atoms with van der Waals surface area (Å²) >= 11 is 0. The number of amides is 1. The molecule has 0 atom stereocenters. The number of carbonyl (C=O) groups excluding carboxylic acids is 1. The molecule has 102 valence electrons. The lowest BCUT2D eigenvalue weighted by molar-refractivity contribution is 0.0695. The van der Waals surface area contributed by atoms with Crippen molar-refractivity contribution in [3.05, 3.63) is 59.4 Å². The van der Waals surface area contributed by atoms with Gasteiger partial charge < -0.3 is 10.4 Å². The van der Waals surface area contributed by atoms with Gasteiger partial charge in [-0.2, -0.15) is 0 Å². The molecule has 2 N–H and O–H groups in total. The minimum atomic E-state index is -0.964. The Morgan fingerprint density at radius 3 is 2.50 bits per heavy atom. The van der Waals surface area contributed by atoms with Crippen LogP contribution in [0.4, 0.5) is 5.69 Å². The number of nitrogens with zero attached hydrogens (tertiary/aromatic N) is 1. The first-order valence-corrected chi connectivity index (χ1v) is 6.19. The average Bonchev–Trinajstić information content (AvgIpc) is 2.47. The Bertz CT molecular complexity index is 639. The van der Waals surface area contributed by atoms with Crippen molar-refractivity contribution in [2.75, 3.05) is 5.32 Å². The number of hydrogen-bond donors (Lipinski definition) is 2. The highest BCUT2D eigenvalue weighted by Crippen LogP contribution is 2.17. The van der Waals surface area contributed by atoms with E-state index in [0.717, 1.165) is 0 Å². The third kappa shape index (κ3) is 3.00. The number of aromatic nitrogens is 1. The molecule has 0 spiro atoms. The molecule has 2 rings (SSSR count). The van der Waals surface area contributed by atoms with Crippen molar-refractivity contribution in [3.63, 3.8) is 0 Å². The second-order valence-electron chi connectivity index (χ2n) is 4.22. The smallest absolute Gasteiger partial charge is 0.335 e. The Labute approximate surface area is 116 Å². The first-order chi connectivity index (χ1) is 9.61. The average molecular weight is 270 g/mol. The van der Waals surface area contributed by atoms with Gasteiger partial charge in [-0.1, -0.05) is 6.92 Å². The van der Waals surface area contributed by atoms with E-state index in [2.05, 4.69) is 10.3 Å². The second kappa shape index (κ2) is 5.97. The van der Waals surface area contributed by atoms with E-state index in [9.17, 15) is 9.59 Å². The van der Waals surface area contributed by atoms with Crippen LogP contribution in [-0.4, -0.2) is 22.0 Å². The first kappa shape index (κ1) is 13.7. The number of anilines is 1. The van der Waals surface area contributed by atoms with Crippen molar-refractivity contribution < 1.29 is 14.7 Å². The highest BCUT2D eigenvalue weighted by molar-refractivity contribution is 6.04. The Morgan fingerprint density at radius 1 is 1.20 bits per heavy atom. The minimum Gasteiger partial charge on any atom is -0.478 e. The van der Waals surface area contributed by atoms with Crippen molar-refractivity contribution in [3.8, 4) is 0 Å². The van der Waals surface area contributed by atoms with Gasteiger partial charge in [0.15, 0.2) is 0 Å². The van der Waals surface area contributed by atoms with Crippen LogP contribution in [0.1, 0.15) is 33.2 Å². The van der Waals surface area contributed by atoms with Crippen LogP contribution < -0.4 is 5.32 Å². The molecule has 0 aliphatic heterocycles. The van der Waals surface area contributed by atoms with Crippen molar-refractivity contribution in [2.24, 2.45) is 0 Å². The molecule has 2 aromatic rings. The largest absolute Gasteiger partial charge is 0.478 e. The van der Waals surface area contributed by atoms with E-state index in [-0.39, 0.29) is 11.5 Å². The number of aryl methyl sites for hydroxylation is 1. The Balaban J connectivity index is 2.22. The topological polar surface area (TPSA) is 79.3 Å². The lowest BCUT2D eigenvalue weighted by Gasteiger charge is -2.09. The Hall–Kier alpha value is -2.69. The van der Waals surface area contributed by atoms with Crippen molar-refractivity contribution >= 4 is 17.6 Å². The fraction of sp³-hybridized carbons (Fsp3) is 0.133. The molecule has 20 heavy (non-hydrogen) atoms. The minimum absolute atomic E-state index is 0.252. The van der Waals surface area contributed by atoms with Crippen LogP contribution in [0.25, 0.3) is 0 Å². The molecule has 1 amide bonds. The van der Waals surface area contributed by atoms with Gasteiger partial charge in [-0.05, 0) is 42.3 Å². The number of hydrogen-bond acceptors (Lipinski definition) is 3. The van der Waals surface area contributed by atoms with Crippen LogP contribution in [0.2, 0.25) is 0 Å². The van der Waals surface area contributed by atoms with Crippen LogP contribution in [0.3, 0.4) is 0 Å². The summed E-state index contributed by atoms with van der Waals surface area (Å²) in [5, 5.41) is 11.8. The maximum atomic E-state index is 12.0. The number of aromatic carboxylic acids is 1. The van der Waals surface area contributed by atoms with E-state index < -0.39 is 5.97 Å². The van der Waals surface area contributed by atoms with E-state index in [4.69, 9.17) is 5.11 Å². The number of carboxylic acids is 1. The number of pyridine rings is 1. The molecule has 1 heterocycles. The molecule has 0 radical (unpaired) electrons. The van der Waals surface area contributed by atoms with Gasteiger partial charge in [0.1, 0.15) is 0 Å². The third-order valence-corrected chi connectivity index (χ3v) is 2.92. The summed E-state index contributed by atoms with van der Waals surface area (Å²) in [5.41, 5.74) is 2.02. The van der Waals surface area contributed by atoms with E-state index in [1.165, 1.54) is 6.07 Å². The van der Waals surface area contributed by atoms with Gasteiger partial charge in [-0.25, -0.2) is 4.79 Å². The van der Waals surface area contributed by atoms with E-state index in [1.807, 2.05) is 6.92 Å². The van der Waals surface area contributed by atoms with Crippen molar-refractivity contribution in [2.45, 2.75) is 13.3 Å². The van der Waals surface area contributed by atoms with Crippen LogP contribution in [0.15, 0.2) is 42.7 Å². The summed E-state index contributed by atoms with van der Waals surface area (Å²) in [6.07, 6.45) is 3.67. The summed E-state index contributed by atoms with van der Waals surface area (Å²) in [6.45, 7) is 1.87. The van der Waals surface area contributed by atoms with Gasteiger partial charge in [0, 0.05) is 23.6 Å². The summed E-state index contributed by atoms with van der Waals surface area (Å²) in [7, 11) is 0. The van der Waals surface area contributed by atoms with Gasteiger partial charge in [0.25, 0.3) is 5.91 Å². The van der Waals surface area contributed by atoms with E-state index in [0.29, 0.717) is 23.2 Å². The number of carboxylic acid groups (broad SMARTS) is 1. The number of benzene rings is 1. The molecule has 0 unspecified atom stereocenters. The zero-order valence-electron chi connectivity index (χ0n) is 11.0. The molecular weight excluding hydrogens is 256 g/mol. The maximum Gasteiger partial charge on any atom is 0.335 e. The summed E-state index contributed by atoms with van der Waals surface area (Å²) in [4.78, 5) is 26.9. The molecule has 0 aliphatic carbocycles. The molecule has 5 nitrogen and oxygen atoms in total. The second-order valence-corrected chi connectivity index (χ2v) is 4.22. The zero-order valence-corrected chi connectivity index (χ0v) is 11.0. The number of nitrogens with one attached hydrogen (secondary N) is 1. The van der Waals surface area contributed by atoms with E-state index >= 15 is 0 Å². The normalized spacial score (nSPS) is 10.1.